The lowest BCUT2D eigenvalue weighted by Gasteiger charge is -2.25. The minimum absolute atomic E-state index is 0.327. The van der Waals surface area contributed by atoms with E-state index >= 15 is 0 Å². The van der Waals surface area contributed by atoms with E-state index in [0.29, 0.717) is 5.56 Å². The van der Waals surface area contributed by atoms with Gasteiger partial charge in [0.15, 0.2) is 17.3 Å². The van der Waals surface area contributed by atoms with Gasteiger partial charge in [0.1, 0.15) is 24.4 Å². The van der Waals surface area contributed by atoms with Crippen LogP contribution in [0.2, 0.25) is 0 Å². The molecule has 11 nitrogen and oxygen atoms in total. The van der Waals surface area contributed by atoms with Crippen molar-refractivity contribution in [3.05, 3.63) is 29.8 Å². The first-order chi connectivity index (χ1) is 12.4. The Morgan fingerprint density at radius 3 is 2.26 bits per heavy atom. The average Bonchev–Trinajstić information content (AvgIpc) is 2.59. The summed E-state index contributed by atoms with van der Waals surface area (Å²) in [6.45, 7) is -1.11. The number of aliphatic hydroxyl groups excluding tert-OH is 4. The van der Waals surface area contributed by atoms with Gasteiger partial charge in [-0.05, 0) is 17.7 Å². The molecule has 27 heavy (non-hydrogen) atoms. The van der Waals surface area contributed by atoms with E-state index in [-0.39, 0.29) is 17.9 Å². The number of hydrogen-bond donors (Lipinski definition) is 7. The molecule has 0 saturated carbocycles. The minimum Gasteiger partial charge on any atom is -0.504 e. The highest BCUT2D eigenvalue weighted by Gasteiger charge is 2.34. The second kappa shape index (κ2) is 9.75. The predicted octanol–water partition coefficient (Wildman–Crippen LogP) is -1.67. The number of allylic oxidation sites excluding steroid dienone is 1. The Balaban J connectivity index is 2.60. The number of hydrogen-bond acceptors (Lipinski definition) is 10. The number of aliphatic hydroxyl groups is 4. The van der Waals surface area contributed by atoms with Crippen molar-refractivity contribution in [1.29, 1.82) is 0 Å². The Labute approximate surface area is 154 Å². The maximum Gasteiger partial charge on any atom is 0.397 e. The summed E-state index contributed by atoms with van der Waals surface area (Å²) in [4.78, 5) is 11.8. The van der Waals surface area contributed by atoms with Gasteiger partial charge in [0.2, 0.25) is 0 Å². The van der Waals surface area contributed by atoms with Crippen molar-refractivity contribution in [2.24, 2.45) is 0 Å². The van der Waals surface area contributed by atoms with E-state index in [2.05, 4.69) is 4.18 Å². The molecule has 0 aliphatic rings. The standard InChI is InChI=1S/C15H20O11S/c16-9-5-4-8(6-11(9)18)2-1-3-10(17)13(20)15(22)14(21)12(19)7-26-27(23,24)25/h1-2,4-6,12-16,18-22H,3,7H2,(H,23,24,25)/b2-1+/t12-,13+,14+,15-/m1/s1. The number of phenolic OH excluding ortho intramolecular Hbond substituents is 2. The zero-order chi connectivity index (χ0) is 20.8. The molecule has 0 radical (unpaired) electrons. The van der Waals surface area contributed by atoms with Gasteiger partial charge in [-0.25, -0.2) is 4.18 Å². The summed E-state index contributed by atoms with van der Waals surface area (Å²) in [5.74, 6) is -1.63. The molecule has 0 aliphatic carbocycles. The number of rotatable bonds is 10. The van der Waals surface area contributed by atoms with Crippen LogP contribution in [0.15, 0.2) is 24.3 Å². The van der Waals surface area contributed by atoms with Crippen molar-refractivity contribution < 1.29 is 52.6 Å². The van der Waals surface area contributed by atoms with E-state index in [1.807, 2.05) is 0 Å². The van der Waals surface area contributed by atoms with Gasteiger partial charge in [0.05, 0.1) is 6.61 Å². The number of Topliss-reactive ketones (excluding diaryl/α,β-unsaturated/α-hetero) is 1. The van der Waals surface area contributed by atoms with E-state index < -0.39 is 47.2 Å². The molecule has 0 aliphatic heterocycles. The van der Waals surface area contributed by atoms with Crippen LogP contribution in [0.3, 0.4) is 0 Å². The minimum atomic E-state index is -4.88. The molecule has 0 spiro atoms. The molecule has 12 heteroatoms. The molecule has 0 aromatic heterocycles. The van der Waals surface area contributed by atoms with Crippen LogP contribution in [-0.4, -0.2) is 80.4 Å². The smallest absolute Gasteiger partial charge is 0.397 e. The van der Waals surface area contributed by atoms with E-state index in [0.717, 1.165) is 0 Å². The molecule has 0 amide bonds. The summed E-state index contributed by atoms with van der Waals surface area (Å²) >= 11 is 0. The fraction of sp³-hybridized carbons (Fsp3) is 0.400. The highest BCUT2D eigenvalue weighted by atomic mass is 32.3. The normalized spacial score (nSPS) is 16.8. The number of benzene rings is 1. The third-order valence-electron chi connectivity index (χ3n) is 3.41. The summed E-state index contributed by atoms with van der Waals surface area (Å²) in [5.41, 5.74) is 0.436. The molecule has 0 saturated heterocycles. The SMILES string of the molecule is O=C(C/C=C/c1ccc(O)c(O)c1)[C@H](O)[C@@H](O)[C@@H](O)[C@H](O)COS(=O)(=O)O. The van der Waals surface area contributed by atoms with Crippen molar-refractivity contribution in [3.8, 4) is 11.5 Å². The Hall–Kier alpha value is -2.06. The molecule has 4 atom stereocenters. The summed E-state index contributed by atoms with van der Waals surface area (Å²) in [5, 5.41) is 57.0. The quantitative estimate of drug-likeness (QED) is 0.172. The maximum absolute atomic E-state index is 11.8. The van der Waals surface area contributed by atoms with Crippen molar-refractivity contribution in [2.45, 2.75) is 30.8 Å². The Kier molecular flexibility index (Phi) is 8.30. The highest BCUT2D eigenvalue weighted by Crippen LogP contribution is 2.25. The van der Waals surface area contributed by atoms with Crippen molar-refractivity contribution in [2.75, 3.05) is 6.61 Å². The first-order valence-corrected chi connectivity index (χ1v) is 8.84. The van der Waals surface area contributed by atoms with Gasteiger partial charge >= 0.3 is 10.4 Å². The monoisotopic (exact) mass is 408 g/mol. The van der Waals surface area contributed by atoms with Gasteiger partial charge < -0.3 is 30.6 Å². The van der Waals surface area contributed by atoms with Crippen LogP contribution in [0.4, 0.5) is 0 Å². The average molecular weight is 408 g/mol. The highest BCUT2D eigenvalue weighted by molar-refractivity contribution is 7.80. The molecular formula is C15H20O11S. The van der Waals surface area contributed by atoms with E-state index in [9.17, 15) is 43.9 Å². The molecular weight excluding hydrogens is 388 g/mol. The molecule has 7 N–H and O–H groups in total. The van der Waals surface area contributed by atoms with Crippen molar-refractivity contribution in [3.63, 3.8) is 0 Å². The number of phenols is 2. The van der Waals surface area contributed by atoms with Gasteiger partial charge in [0, 0.05) is 6.42 Å². The van der Waals surface area contributed by atoms with Gasteiger partial charge in [-0.2, -0.15) is 8.42 Å². The van der Waals surface area contributed by atoms with Crippen LogP contribution in [0.5, 0.6) is 11.5 Å². The molecule has 0 bridgehead atoms. The second-order valence-corrected chi connectivity index (χ2v) is 6.62. The van der Waals surface area contributed by atoms with Crippen LogP contribution in [-0.2, 0) is 19.4 Å². The zero-order valence-electron chi connectivity index (χ0n) is 13.8. The lowest BCUT2D eigenvalue weighted by Crippen LogP contribution is -2.49. The maximum atomic E-state index is 11.8. The molecule has 0 unspecified atom stereocenters. The third kappa shape index (κ3) is 7.60. The second-order valence-electron chi connectivity index (χ2n) is 5.53. The number of aromatic hydroxyl groups is 2. The third-order valence-corrected chi connectivity index (χ3v) is 3.85. The summed E-state index contributed by atoms with van der Waals surface area (Å²) in [7, 11) is -4.88. The molecule has 0 fully saturated rings. The molecule has 1 aromatic rings. The summed E-state index contributed by atoms with van der Waals surface area (Å²) in [6.07, 6.45) is -6.11. The van der Waals surface area contributed by atoms with E-state index in [1.54, 1.807) is 0 Å². The topological polar surface area (TPSA) is 202 Å². The van der Waals surface area contributed by atoms with Gasteiger partial charge in [0.25, 0.3) is 0 Å². The van der Waals surface area contributed by atoms with Crippen molar-refractivity contribution >= 4 is 22.3 Å². The van der Waals surface area contributed by atoms with Gasteiger partial charge in [-0.3, -0.25) is 9.35 Å². The lowest BCUT2D eigenvalue weighted by molar-refractivity contribution is -0.145. The van der Waals surface area contributed by atoms with E-state index in [4.69, 9.17) is 4.55 Å². The molecule has 1 rings (SSSR count). The lowest BCUT2D eigenvalue weighted by atomic mass is 9.99. The molecule has 152 valence electrons. The van der Waals surface area contributed by atoms with Crippen LogP contribution in [0, 0.1) is 0 Å². The number of carbonyl (C=O) groups excluding carboxylic acids is 1. The van der Waals surface area contributed by atoms with E-state index in [1.165, 1.54) is 30.4 Å². The van der Waals surface area contributed by atoms with Gasteiger partial charge in [-0.1, -0.05) is 18.2 Å². The van der Waals surface area contributed by atoms with Gasteiger partial charge in [-0.15, -0.1) is 0 Å². The Morgan fingerprint density at radius 1 is 1.07 bits per heavy atom. The van der Waals surface area contributed by atoms with Crippen LogP contribution in [0.25, 0.3) is 6.08 Å². The first-order valence-electron chi connectivity index (χ1n) is 7.47. The number of ketones is 1. The molecule has 0 heterocycles. The van der Waals surface area contributed by atoms with Crippen LogP contribution < -0.4 is 0 Å². The predicted molar refractivity (Wildman–Crippen MR) is 90.0 cm³/mol. The van der Waals surface area contributed by atoms with Crippen LogP contribution in [0.1, 0.15) is 12.0 Å². The zero-order valence-corrected chi connectivity index (χ0v) is 14.6. The first kappa shape index (κ1) is 23.0. The fourth-order valence-corrected chi connectivity index (χ4v) is 2.25. The van der Waals surface area contributed by atoms with Crippen LogP contribution >= 0.6 is 0 Å². The summed E-state index contributed by atoms with van der Waals surface area (Å²) < 4.78 is 33.0. The fourth-order valence-electron chi connectivity index (χ4n) is 1.94. The molecule has 1 aromatic carbocycles. The largest absolute Gasteiger partial charge is 0.504 e. The van der Waals surface area contributed by atoms with Crippen molar-refractivity contribution in [1.82, 2.24) is 0 Å². The summed E-state index contributed by atoms with van der Waals surface area (Å²) in [6, 6.07) is 3.88. The Bertz CT molecular complexity index is 774. The number of carbonyl (C=O) groups is 1. The Morgan fingerprint density at radius 2 is 1.70 bits per heavy atom.